The minimum Gasteiger partial charge on any atom is -0.364 e. The summed E-state index contributed by atoms with van der Waals surface area (Å²) in [4.78, 5) is 8.57. The van der Waals surface area contributed by atoms with Gasteiger partial charge in [0.15, 0.2) is 11.9 Å². The van der Waals surface area contributed by atoms with Gasteiger partial charge in [-0.05, 0) is 38.1 Å². The van der Waals surface area contributed by atoms with Crippen LogP contribution in [0.25, 0.3) is 16.7 Å². The molecule has 0 spiro atoms. The molecule has 0 amide bonds. The zero-order chi connectivity index (χ0) is 17.6. The van der Waals surface area contributed by atoms with Crippen LogP contribution in [0.5, 0.6) is 0 Å². The highest BCUT2D eigenvalue weighted by Crippen LogP contribution is 2.21. The largest absolute Gasteiger partial charge is 0.364 e. The molecule has 0 unspecified atom stereocenters. The number of aromatic nitrogens is 4. The zero-order valence-corrected chi connectivity index (χ0v) is 14.1. The van der Waals surface area contributed by atoms with Gasteiger partial charge in [0, 0.05) is 13.2 Å². The molecule has 7 nitrogen and oxygen atoms in total. The summed E-state index contributed by atoms with van der Waals surface area (Å²) in [7, 11) is 0. The standard InChI is InChI=1S/C17H20FN5O2/c1-3-24-15(25-4-2)10-19-16-14-9-22-23(17(14)21-11-20-16)13-7-5-12(18)6-8-13/h5-9,11,15H,3-4,10H2,1-2H3,(H,19,20,21). The van der Waals surface area contributed by atoms with E-state index in [1.165, 1.54) is 18.5 Å². The number of halogens is 1. The topological polar surface area (TPSA) is 74.1 Å². The molecule has 0 bridgehead atoms. The Kier molecular flexibility index (Phi) is 5.52. The van der Waals surface area contributed by atoms with Crippen LogP contribution in [0.3, 0.4) is 0 Å². The fourth-order valence-corrected chi connectivity index (χ4v) is 2.47. The fraction of sp³-hybridized carbons (Fsp3) is 0.353. The van der Waals surface area contributed by atoms with E-state index in [2.05, 4.69) is 20.4 Å². The molecule has 3 aromatic rings. The first-order valence-electron chi connectivity index (χ1n) is 8.14. The van der Waals surface area contributed by atoms with Gasteiger partial charge >= 0.3 is 0 Å². The van der Waals surface area contributed by atoms with E-state index in [0.29, 0.717) is 31.2 Å². The molecule has 0 saturated heterocycles. The molecular weight excluding hydrogens is 325 g/mol. The minimum atomic E-state index is -0.354. The number of benzene rings is 1. The van der Waals surface area contributed by atoms with Crippen LogP contribution in [-0.4, -0.2) is 45.8 Å². The van der Waals surface area contributed by atoms with Crippen molar-refractivity contribution >= 4 is 16.9 Å². The first-order valence-corrected chi connectivity index (χ1v) is 8.14. The van der Waals surface area contributed by atoms with Gasteiger partial charge in [0.25, 0.3) is 0 Å². The van der Waals surface area contributed by atoms with Gasteiger partial charge in [0.1, 0.15) is 18.0 Å². The van der Waals surface area contributed by atoms with Gasteiger partial charge in [0.05, 0.1) is 23.8 Å². The third-order valence-corrected chi connectivity index (χ3v) is 3.58. The summed E-state index contributed by atoms with van der Waals surface area (Å²) in [6.07, 6.45) is 2.78. The summed E-state index contributed by atoms with van der Waals surface area (Å²) in [5.74, 6) is 0.345. The van der Waals surface area contributed by atoms with Gasteiger partial charge in [-0.15, -0.1) is 0 Å². The van der Waals surface area contributed by atoms with Crippen LogP contribution >= 0.6 is 0 Å². The number of hydrogen-bond acceptors (Lipinski definition) is 6. The Morgan fingerprint density at radius 3 is 2.52 bits per heavy atom. The molecule has 2 aromatic heterocycles. The van der Waals surface area contributed by atoms with E-state index in [4.69, 9.17) is 9.47 Å². The maximum absolute atomic E-state index is 13.1. The van der Waals surface area contributed by atoms with Crippen LogP contribution in [0.1, 0.15) is 13.8 Å². The van der Waals surface area contributed by atoms with Crippen molar-refractivity contribution in [2.24, 2.45) is 0 Å². The fourth-order valence-electron chi connectivity index (χ4n) is 2.47. The minimum absolute atomic E-state index is 0.296. The first kappa shape index (κ1) is 17.2. The number of hydrogen-bond donors (Lipinski definition) is 1. The van der Waals surface area contributed by atoms with E-state index in [9.17, 15) is 4.39 Å². The van der Waals surface area contributed by atoms with Gasteiger partial charge < -0.3 is 14.8 Å². The van der Waals surface area contributed by atoms with E-state index in [0.717, 1.165) is 11.1 Å². The molecule has 0 saturated carbocycles. The third-order valence-electron chi connectivity index (χ3n) is 3.58. The summed E-state index contributed by atoms with van der Waals surface area (Å²) < 4.78 is 25.8. The van der Waals surface area contributed by atoms with Gasteiger partial charge in [-0.2, -0.15) is 5.10 Å². The molecule has 3 rings (SSSR count). The average molecular weight is 345 g/mol. The highest BCUT2D eigenvalue weighted by Gasteiger charge is 2.13. The van der Waals surface area contributed by atoms with Crippen LogP contribution in [0.15, 0.2) is 36.8 Å². The number of nitrogens with one attached hydrogen (secondary N) is 1. The van der Waals surface area contributed by atoms with E-state index < -0.39 is 0 Å². The van der Waals surface area contributed by atoms with Crippen molar-refractivity contribution in [3.05, 3.63) is 42.6 Å². The number of nitrogens with zero attached hydrogens (tertiary/aromatic N) is 4. The lowest BCUT2D eigenvalue weighted by Gasteiger charge is -2.17. The molecule has 0 fully saturated rings. The molecule has 1 N–H and O–H groups in total. The second-order valence-electron chi connectivity index (χ2n) is 5.21. The highest BCUT2D eigenvalue weighted by molar-refractivity contribution is 5.87. The SMILES string of the molecule is CCOC(CNc1ncnc2c1cnn2-c1ccc(F)cc1)OCC. The summed E-state index contributed by atoms with van der Waals surface area (Å²) >= 11 is 0. The second-order valence-corrected chi connectivity index (χ2v) is 5.21. The lowest BCUT2D eigenvalue weighted by molar-refractivity contribution is -0.126. The van der Waals surface area contributed by atoms with E-state index in [-0.39, 0.29) is 12.1 Å². The van der Waals surface area contributed by atoms with E-state index >= 15 is 0 Å². The van der Waals surface area contributed by atoms with E-state index in [1.807, 2.05) is 13.8 Å². The maximum atomic E-state index is 13.1. The Labute approximate surface area is 144 Å². The van der Waals surface area contributed by atoms with Crippen LogP contribution in [-0.2, 0) is 9.47 Å². The Balaban J connectivity index is 1.84. The maximum Gasteiger partial charge on any atom is 0.174 e. The lowest BCUT2D eigenvalue weighted by atomic mass is 10.3. The molecule has 8 heteroatoms. The summed E-state index contributed by atoms with van der Waals surface area (Å²) in [6.45, 7) is 5.42. The van der Waals surface area contributed by atoms with Crippen molar-refractivity contribution in [2.75, 3.05) is 25.1 Å². The lowest BCUT2D eigenvalue weighted by Crippen LogP contribution is -2.26. The Hall–Kier alpha value is -2.58. The van der Waals surface area contributed by atoms with Crippen molar-refractivity contribution in [1.82, 2.24) is 19.7 Å². The van der Waals surface area contributed by atoms with Crippen molar-refractivity contribution in [3.8, 4) is 5.69 Å². The van der Waals surface area contributed by atoms with Gasteiger partial charge in [-0.3, -0.25) is 0 Å². The van der Waals surface area contributed by atoms with Gasteiger partial charge in [-0.1, -0.05) is 0 Å². The average Bonchev–Trinajstić information content (AvgIpc) is 3.05. The van der Waals surface area contributed by atoms with Gasteiger partial charge in [-0.25, -0.2) is 19.0 Å². The third kappa shape index (κ3) is 3.92. The van der Waals surface area contributed by atoms with E-state index in [1.54, 1.807) is 23.0 Å². The molecule has 0 atom stereocenters. The van der Waals surface area contributed by atoms with Gasteiger partial charge in [0.2, 0.25) is 0 Å². The highest BCUT2D eigenvalue weighted by atomic mass is 19.1. The van der Waals surface area contributed by atoms with Crippen LogP contribution in [0.4, 0.5) is 10.2 Å². The summed E-state index contributed by atoms with van der Waals surface area (Å²) in [5.41, 5.74) is 1.36. The molecule has 0 radical (unpaired) electrons. The normalized spacial score (nSPS) is 11.4. The number of ether oxygens (including phenoxy) is 2. The van der Waals surface area contributed by atoms with Crippen molar-refractivity contribution < 1.29 is 13.9 Å². The zero-order valence-electron chi connectivity index (χ0n) is 14.1. The Bertz CT molecular complexity index is 816. The Morgan fingerprint density at radius 1 is 1.12 bits per heavy atom. The van der Waals surface area contributed by atoms with Crippen molar-refractivity contribution in [2.45, 2.75) is 20.1 Å². The van der Waals surface area contributed by atoms with Crippen LogP contribution in [0, 0.1) is 5.82 Å². The molecule has 2 heterocycles. The quantitative estimate of drug-likeness (QED) is 0.633. The molecule has 0 aliphatic rings. The van der Waals surface area contributed by atoms with Crippen LogP contribution < -0.4 is 5.32 Å². The molecule has 0 aliphatic heterocycles. The molecule has 0 aliphatic carbocycles. The molecule has 132 valence electrons. The monoisotopic (exact) mass is 345 g/mol. The summed E-state index contributed by atoms with van der Waals surface area (Å²) in [5, 5.41) is 8.32. The molecular formula is C17H20FN5O2. The van der Waals surface area contributed by atoms with Crippen LogP contribution in [0.2, 0.25) is 0 Å². The number of anilines is 1. The van der Waals surface area contributed by atoms with Crippen molar-refractivity contribution in [1.29, 1.82) is 0 Å². The number of fused-ring (bicyclic) bond motifs is 1. The molecule has 25 heavy (non-hydrogen) atoms. The number of rotatable bonds is 8. The predicted molar refractivity (Wildman–Crippen MR) is 92.1 cm³/mol. The first-order chi connectivity index (χ1) is 12.2. The second kappa shape index (κ2) is 8.00. The Morgan fingerprint density at radius 2 is 1.84 bits per heavy atom. The summed E-state index contributed by atoms with van der Waals surface area (Å²) in [6, 6.07) is 6.07. The molecule has 1 aromatic carbocycles. The predicted octanol–water partition coefficient (Wildman–Crippen LogP) is 2.77. The smallest absolute Gasteiger partial charge is 0.174 e. The van der Waals surface area contributed by atoms with Crippen molar-refractivity contribution in [3.63, 3.8) is 0 Å².